The maximum Gasteiger partial charge on any atom is 0.338 e. The van der Waals surface area contributed by atoms with Gasteiger partial charge in [0.25, 0.3) is 11.5 Å². The molecule has 2 aromatic carbocycles. The monoisotopic (exact) mass is 435 g/mol. The highest BCUT2D eigenvalue weighted by molar-refractivity contribution is 6.05. The fraction of sp³-hybridized carbons (Fsp3) is 0.130. The Balaban J connectivity index is 1.49. The van der Waals surface area contributed by atoms with Crippen LogP contribution in [0.1, 0.15) is 37.7 Å². The van der Waals surface area contributed by atoms with Crippen LogP contribution in [0.3, 0.4) is 0 Å². The van der Waals surface area contributed by atoms with Crippen LogP contribution in [0.25, 0.3) is 5.65 Å². The van der Waals surface area contributed by atoms with Gasteiger partial charge in [-0.3, -0.25) is 9.59 Å². The van der Waals surface area contributed by atoms with Crippen LogP contribution >= 0.6 is 0 Å². The summed E-state index contributed by atoms with van der Waals surface area (Å²) in [6.45, 7) is 3.15. The second-order valence-electron chi connectivity index (χ2n) is 7.10. The number of hydrogen-bond donors (Lipinski definition) is 1. The van der Waals surface area contributed by atoms with E-state index in [1.54, 1.807) is 38.1 Å². The van der Waals surface area contributed by atoms with Crippen molar-refractivity contribution in [3.8, 4) is 0 Å². The molecule has 0 atom stereocenters. The van der Waals surface area contributed by atoms with Crippen molar-refractivity contribution in [1.29, 1.82) is 0 Å². The molecule has 0 aliphatic rings. The maximum atomic E-state index is 13.1. The summed E-state index contributed by atoms with van der Waals surface area (Å²) in [6, 6.07) is 12.8. The zero-order chi connectivity index (χ0) is 22.8. The molecule has 0 spiro atoms. The lowest BCUT2D eigenvalue weighted by Gasteiger charge is -2.12. The molecule has 0 bridgehead atoms. The van der Waals surface area contributed by atoms with Gasteiger partial charge < -0.3 is 14.6 Å². The summed E-state index contributed by atoms with van der Waals surface area (Å²) in [5.41, 5.74) is 1.63. The first-order valence-electron chi connectivity index (χ1n) is 9.65. The predicted molar refractivity (Wildman–Crippen MR) is 113 cm³/mol. The van der Waals surface area contributed by atoms with Gasteiger partial charge in [0.05, 0.1) is 11.3 Å². The van der Waals surface area contributed by atoms with E-state index in [0.29, 0.717) is 22.7 Å². The Morgan fingerprint density at radius 2 is 1.88 bits per heavy atom. The quantitative estimate of drug-likeness (QED) is 0.480. The molecular formula is C23H18FN3O5. The average Bonchev–Trinajstić information content (AvgIpc) is 3.15. The Morgan fingerprint density at radius 1 is 1.12 bits per heavy atom. The van der Waals surface area contributed by atoms with Crippen molar-refractivity contribution in [2.45, 2.75) is 20.5 Å². The van der Waals surface area contributed by atoms with Gasteiger partial charge in [-0.1, -0.05) is 6.07 Å². The third-order valence-electron chi connectivity index (χ3n) is 4.78. The van der Waals surface area contributed by atoms with Crippen LogP contribution in [0.5, 0.6) is 0 Å². The number of rotatable bonds is 5. The van der Waals surface area contributed by atoms with Gasteiger partial charge in [-0.2, -0.15) is 0 Å². The number of esters is 1. The fourth-order valence-electron chi connectivity index (χ4n) is 3.15. The summed E-state index contributed by atoms with van der Waals surface area (Å²) in [5.74, 6) is -0.988. The van der Waals surface area contributed by atoms with Gasteiger partial charge in [-0.15, -0.1) is 4.57 Å². The standard InChI is InChI=1S/C23H18FN3O5/c1-13-10-20-25-17(11-21(28)27(20)32-13)12-31-23(30)18-4-3-5-19(14(18)2)26-22(29)15-6-8-16(24)9-7-15/h3-11H,12H2,1-2H3,(H,26,29). The fourth-order valence-corrected chi connectivity index (χ4v) is 3.15. The minimum Gasteiger partial charge on any atom is -0.456 e. The second-order valence-corrected chi connectivity index (χ2v) is 7.10. The SMILES string of the molecule is Cc1cc2nc(COC(=O)c3cccc(NC(=O)c4ccc(F)cc4)c3C)cc(=O)n2o1. The Labute approximate surface area is 181 Å². The Morgan fingerprint density at radius 3 is 2.62 bits per heavy atom. The smallest absolute Gasteiger partial charge is 0.338 e. The van der Waals surface area contributed by atoms with E-state index in [9.17, 15) is 18.8 Å². The molecule has 32 heavy (non-hydrogen) atoms. The van der Waals surface area contributed by atoms with Crippen molar-refractivity contribution in [3.05, 3.63) is 98.9 Å². The number of hydrogen-bond acceptors (Lipinski definition) is 6. The van der Waals surface area contributed by atoms with Crippen LogP contribution in [0.4, 0.5) is 10.1 Å². The lowest BCUT2D eigenvalue weighted by atomic mass is 10.1. The van der Waals surface area contributed by atoms with Crippen molar-refractivity contribution in [2.75, 3.05) is 5.32 Å². The summed E-state index contributed by atoms with van der Waals surface area (Å²) in [5, 5.41) is 2.71. The number of benzene rings is 2. The number of nitrogens with one attached hydrogen (secondary N) is 1. The summed E-state index contributed by atoms with van der Waals surface area (Å²) < 4.78 is 24.7. The molecule has 4 aromatic rings. The minimum atomic E-state index is -0.634. The second kappa shape index (κ2) is 8.46. The summed E-state index contributed by atoms with van der Waals surface area (Å²) in [4.78, 5) is 41.4. The Bertz CT molecular complexity index is 1390. The largest absolute Gasteiger partial charge is 0.456 e. The van der Waals surface area contributed by atoms with Crippen LogP contribution < -0.4 is 10.9 Å². The number of nitrogens with zero attached hydrogens (tertiary/aromatic N) is 2. The topological polar surface area (TPSA) is 103 Å². The predicted octanol–water partition coefficient (Wildman–Crippen LogP) is 3.65. The van der Waals surface area contributed by atoms with E-state index in [1.165, 1.54) is 30.3 Å². The zero-order valence-electron chi connectivity index (χ0n) is 17.2. The van der Waals surface area contributed by atoms with Crippen molar-refractivity contribution in [3.63, 3.8) is 0 Å². The molecule has 4 rings (SSSR count). The third-order valence-corrected chi connectivity index (χ3v) is 4.78. The van der Waals surface area contributed by atoms with Gasteiger partial charge >= 0.3 is 5.97 Å². The highest BCUT2D eigenvalue weighted by Gasteiger charge is 2.16. The number of carbonyl (C=O) groups is 2. The first-order chi connectivity index (χ1) is 15.3. The summed E-state index contributed by atoms with van der Waals surface area (Å²) in [6.07, 6.45) is 0. The lowest BCUT2D eigenvalue weighted by molar-refractivity contribution is 0.0466. The minimum absolute atomic E-state index is 0.208. The molecule has 1 amide bonds. The van der Waals surface area contributed by atoms with Crippen molar-refractivity contribution in [2.24, 2.45) is 0 Å². The van der Waals surface area contributed by atoms with Crippen LogP contribution in [-0.2, 0) is 11.3 Å². The third kappa shape index (κ3) is 4.27. The Hall–Kier alpha value is -4.27. The molecule has 1 N–H and O–H groups in total. The van der Waals surface area contributed by atoms with E-state index in [-0.39, 0.29) is 23.4 Å². The average molecular weight is 435 g/mol. The van der Waals surface area contributed by atoms with Crippen LogP contribution in [0, 0.1) is 19.7 Å². The molecule has 0 aliphatic heterocycles. The molecule has 0 aliphatic carbocycles. The normalized spacial score (nSPS) is 10.8. The number of halogens is 1. The number of aromatic nitrogens is 2. The van der Waals surface area contributed by atoms with E-state index < -0.39 is 23.3 Å². The number of anilines is 1. The van der Waals surface area contributed by atoms with Crippen molar-refractivity contribution in [1.82, 2.24) is 9.56 Å². The molecule has 0 saturated heterocycles. The lowest BCUT2D eigenvalue weighted by Crippen LogP contribution is -2.16. The molecule has 162 valence electrons. The molecular weight excluding hydrogens is 417 g/mol. The van der Waals surface area contributed by atoms with Crippen LogP contribution in [0.2, 0.25) is 0 Å². The summed E-state index contributed by atoms with van der Waals surface area (Å²) in [7, 11) is 0. The maximum absolute atomic E-state index is 13.1. The highest BCUT2D eigenvalue weighted by Crippen LogP contribution is 2.21. The van der Waals surface area contributed by atoms with Gasteiger partial charge in [0.1, 0.15) is 18.2 Å². The van der Waals surface area contributed by atoms with E-state index in [1.807, 2.05) is 0 Å². The highest BCUT2D eigenvalue weighted by atomic mass is 19.1. The summed E-state index contributed by atoms with van der Waals surface area (Å²) >= 11 is 0. The Kier molecular flexibility index (Phi) is 5.55. The zero-order valence-corrected chi connectivity index (χ0v) is 17.2. The van der Waals surface area contributed by atoms with Gasteiger partial charge in [-0.25, -0.2) is 14.2 Å². The first-order valence-corrected chi connectivity index (χ1v) is 9.65. The number of amides is 1. The molecule has 0 unspecified atom stereocenters. The van der Waals surface area contributed by atoms with Gasteiger partial charge in [0.2, 0.25) is 0 Å². The van der Waals surface area contributed by atoms with Crippen molar-refractivity contribution >= 4 is 23.2 Å². The number of aryl methyl sites for hydroxylation is 1. The molecule has 8 nitrogen and oxygen atoms in total. The van der Waals surface area contributed by atoms with E-state index in [2.05, 4.69) is 10.3 Å². The molecule has 2 aromatic heterocycles. The molecule has 0 radical (unpaired) electrons. The van der Waals surface area contributed by atoms with Crippen molar-refractivity contribution < 1.29 is 23.2 Å². The van der Waals surface area contributed by atoms with Gasteiger partial charge in [0.15, 0.2) is 5.65 Å². The van der Waals surface area contributed by atoms with Gasteiger partial charge in [-0.05, 0) is 55.8 Å². The number of fused-ring (bicyclic) bond motifs is 1. The van der Waals surface area contributed by atoms with Crippen LogP contribution in [0.15, 0.2) is 63.9 Å². The van der Waals surface area contributed by atoms with Gasteiger partial charge in [0, 0.05) is 23.4 Å². The van der Waals surface area contributed by atoms with E-state index in [4.69, 9.17) is 9.26 Å². The first kappa shape index (κ1) is 21.0. The van der Waals surface area contributed by atoms with E-state index >= 15 is 0 Å². The number of ether oxygens (including phenoxy) is 1. The molecule has 9 heteroatoms. The number of carbonyl (C=O) groups excluding carboxylic acids is 2. The molecule has 0 saturated carbocycles. The van der Waals surface area contributed by atoms with Crippen LogP contribution in [-0.4, -0.2) is 21.4 Å². The van der Waals surface area contributed by atoms with E-state index in [0.717, 1.165) is 4.57 Å². The molecule has 2 heterocycles. The molecule has 0 fully saturated rings.